The van der Waals surface area contributed by atoms with Gasteiger partial charge in [0, 0.05) is 24.2 Å². The molecule has 154 valence electrons. The number of nitrogens with one attached hydrogen (secondary N) is 1. The minimum Gasteiger partial charge on any atom is -0.332 e. The largest absolute Gasteiger partial charge is 0.416 e. The molecule has 0 aliphatic heterocycles. The maximum atomic E-state index is 13.1. The molecule has 0 radical (unpaired) electrons. The van der Waals surface area contributed by atoms with Crippen molar-refractivity contribution >= 4 is 11.7 Å². The van der Waals surface area contributed by atoms with Crippen LogP contribution in [0.4, 0.5) is 13.2 Å². The highest BCUT2D eigenvalue weighted by Gasteiger charge is 2.32. The van der Waals surface area contributed by atoms with Crippen LogP contribution >= 0.6 is 0 Å². The Morgan fingerprint density at radius 2 is 1.93 bits per heavy atom. The number of H-pyrrole nitrogens is 1. The standard InChI is InChI=1S/C21H21F3N2O3/c1-3-26(12(2)13-6-4-7-14(10-13)21(22,23)24)20(29)16-11-15-17(25-19(16)28)8-5-9-18(15)27/h4,6-7,10-12H,3,5,8-9H2,1-2H3,(H,25,28). The first-order chi connectivity index (χ1) is 13.6. The number of aryl methyl sites for hydroxylation is 1. The number of aromatic amines is 1. The van der Waals surface area contributed by atoms with E-state index in [0.29, 0.717) is 36.1 Å². The number of carbonyl (C=O) groups is 2. The van der Waals surface area contributed by atoms with E-state index < -0.39 is 29.2 Å². The molecule has 0 saturated heterocycles. The van der Waals surface area contributed by atoms with Gasteiger partial charge in [0.05, 0.1) is 11.6 Å². The number of rotatable bonds is 4. The monoisotopic (exact) mass is 406 g/mol. The van der Waals surface area contributed by atoms with Gasteiger partial charge in [0.1, 0.15) is 5.56 Å². The number of halogens is 3. The number of alkyl halides is 3. The van der Waals surface area contributed by atoms with Crippen molar-refractivity contribution in [2.24, 2.45) is 0 Å². The van der Waals surface area contributed by atoms with Crippen LogP contribution in [0, 0.1) is 0 Å². The third-order valence-electron chi connectivity index (χ3n) is 5.25. The first-order valence-electron chi connectivity index (χ1n) is 9.41. The zero-order valence-electron chi connectivity index (χ0n) is 16.1. The maximum Gasteiger partial charge on any atom is 0.416 e. The second-order valence-electron chi connectivity index (χ2n) is 7.07. The number of hydrogen-bond donors (Lipinski definition) is 1. The molecule has 1 heterocycles. The van der Waals surface area contributed by atoms with Crippen molar-refractivity contribution in [1.82, 2.24) is 9.88 Å². The molecule has 0 spiro atoms. The summed E-state index contributed by atoms with van der Waals surface area (Å²) in [5.74, 6) is -0.759. The summed E-state index contributed by atoms with van der Waals surface area (Å²) in [5.41, 5.74) is -0.417. The third kappa shape index (κ3) is 4.11. The molecular weight excluding hydrogens is 385 g/mol. The van der Waals surface area contributed by atoms with Crippen molar-refractivity contribution < 1.29 is 22.8 Å². The van der Waals surface area contributed by atoms with E-state index in [0.717, 1.165) is 12.1 Å². The molecule has 1 atom stereocenters. The topological polar surface area (TPSA) is 70.2 Å². The van der Waals surface area contributed by atoms with Crippen LogP contribution < -0.4 is 5.56 Å². The van der Waals surface area contributed by atoms with Gasteiger partial charge in [-0.25, -0.2) is 0 Å². The maximum absolute atomic E-state index is 13.1. The first-order valence-corrected chi connectivity index (χ1v) is 9.41. The molecule has 1 unspecified atom stereocenters. The van der Waals surface area contributed by atoms with Crippen LogP contribution in [0.25, 0.3) is 0 Å². The predicted octanol–water partition coefficient (Wildman–Crippen LogP) is 4.14. The quantitative estimate of drug-likeness (QED) is 0.830. The summed E-state index contributed by atoms with van der Waals surface area (Å²) >= 11 is 0. The Morgan fingerprint density at radius 3 is 2.59 bits per heavy atom. The zero-order chi connectivity index (χ0) is 21.3. The molecule has 29 heavy (non-hydrogen) atoms. The number of pyridine rings is 1. The summed E-state index contributed by atoms with van der Waals surface area (Å²) in [5, 5.41) is 0. The summed E-state index contributed by atoms with van der Waals surface area (Å²) in [7, 11) is 0. The van der Waals surface area contributed by atoms with Crippen molar-refractivity contribution in [2.45, 2.75) is 45.3 Å². The van der Waals surface area contributed by atoms with Crippen LogP contribution in [0.5, 0.6) is 0 Å². The SMILES string of the molecule is CCN(C(=O)c1cc2c([nH]c1=O)CCCC2=O)C(C)c1cccc(C(F)(F)F)c1. The number of ketones is 1. The van der Waals surface area contributed by atoms with E-state index in [1.165, 1.54) is 23.1 Å². The molecule has 1 amide bonds. The van der Waals surface area contributed by atoms with E-state index in [1.54, 1.807) is 13.8 Å². The van der Waals surface area contributed by atoms with E-state index in [-0.39, 0.29) is 17.9 Å². The Bertz CT molecular complexity index is 1010. The molecule has 1 aliphatic rings. The highest BCUT2D eigenvalue weighted by Crippen LogP contribution is 2.32. The minimum atomic E-state index is -4.49. The molecule has 0 fully saturated rings. The fraction of sp³-hybridized carbons (Fsp3) is 0.381. The van der Waals surface area contributed by atoms with Crippen LogP contribution in [0.15, 0.2) is 35.1 Å². The van der Waals surface area contributed by atoms with Gasteiger partial charge in [-0.3, -0.25) is 14.4 Å². The van der Waals surface area contributed by atoms with Gasteiger partial charge in [-0.1, -0.05) is 12.1 Å². The van der Waals surface area contributed by atoms with Crippen LogP contribution in [0.1, 0.15) is 70.3 Å². The number of aromatic nitrogens is 1. The Labute approximate surface area is 165 Å². The second-order valence-corrected chi connectivity index (χ2v) is 7.07. The Hall–Kier alpha value is -2.90. The fourth-order valence-corrected chi connectivity index (χ4v) is 3.64. The second kappa shape index (κ2) is 7.85. The van der Waals surface area contributed by atoms with Crippen LogP contribution in [0.3, 0.4) is 0 Å². The molecule has 3 rings (SSSR count). The van der Waals surface area contributed by atoms with E-state index in [9.17, 15) is 27.6 Å². The van der Waals surface area contributed by atoms with Gasteiger partial charge in [-0.05, 0) is 50.5 Å². The number of carbonyl (C=O) groups excluding carboxylic acids is 2. The van der Waals surface area contributed by atoms with Crippen LogP contribution in [0.2, 0.25) is 0 Å². The fourth-order valence-electron chi connectivity index (χ4n) is 3.64. The number of benzene rings is 1. The molecule has 1 aromatic heterocycles. The average Bonchev–Trinajstić information content (AvgIpc) is 2.67. The lowest BCUT2D eigenvalue weighted by Gasteiger charge is -2.29. The Kier molecular flexibility index (Phi) is 5.64. The molecule has 2 aromatic rings. The van der Waals surface area contributed by atoms with Crippen molar-refractivity contribution in [2.75, 3.05) is 6.54 Å². The number of hydrogen-bond acceptors (Lipinski definition) is 3. The summed E-state index contributed by atoms with van der Waals surface area (Å²) < 4.78 is 39.1. The van der Waals surface area contributed by atoms with Crippen molar-refractivity contribution in [1.29, 1.82) is 0 Å². The van der Waals surface area contributed by atoms with Crippen molar-refractivity contribution in [3.63, 3.8) is 0 Å². The summed E-state index contributed by atoms with van der Waals surface area (Å²) in [4.78, 5) is 41.6. The van der Waals surface area contributed by atoms with E-state index in [1.807, 2.05) is 0 Å². The van der Waals surface area contributed by atoms with Crippen molar-refractivity contribution in [3.05, 3.63) is 68.6 Å². The minimum absolute atomic E-state index is 0.134. The number of nitrogens with zero attached hydrogens (tertiary/aromatic N) is 1. The molecule has 8 heteroatoms. The van der Waals surface area contributed by atoms with E-state index in [2.05, 4.69) is 4.98 Å². The molecule has 0 saturated carbocycles. The van der Waals surface area contributed by atoms with E-state index >= 15 is 0 Å². The van der Waals surface area contributed by atoms with Crippen molar-refractivity contribution in [3.8, 4) is 0 Å². The zero-order valence-corrected chi connectivity index (χ0v) is 16.1. The summed E-state index contributed by atoms with van der Waals surface area (Å²) in [6.45, 7) is 3.47. The van der Waals surface area contributed by atoms with Gasteiger partial charge in [0.25, 0.3) is 11.5 Å². The lowest BCUT2D eigenvalue weighted by Crippen LogP contribution is -2.37. The first kappa shape index (κ1) is 20.8. The predicted molar refractivity (Wildman–Crippen MR) is 101 cm³/mol. The average molecular weight is 406 g/mol. The van der Waals surface area contributed by atoms with Gasteiger partial charge in [0.2, 0.25) is 0 Å². The molecule has 1 aromatic carbocycles. The van der Waals surface area contributed by atoms with Gasteiger partial charge < -0.3 is 9.88 Å². The van der Waals surface area contributed by atoms with Crippen LogP contribution in [-0.2, 0) is 12.6 Å². The van der Waals surface area contributed by atoms with Crippen LogP contribution in [-0.4, -0.2) is 28.1 Å². The lowest BCUT2D eigenvalue weighted by molar-refractivity contribution is -0.137. The molecule has 1 aliphatic carbocycles. The molecule has 1 N–H and O–H groups in total. The highest BCUT2D eigenvalue weighted by molar-refractivity contribution is 6.01. The van der Waals surface area contributed by atoms with E-state index in [4.69, 9.17) is 0 Å². The van der Waals surface area contributed by atoms with Gasteiger partial charge in [-0.2, -0.15) is 13.2 Å². The molecule has 0 bridgehead atoms. The molecule has 5 nitrogen and oxygen atoms in total. The normalized spacial score (nSPS) is 15.0. The van der Waals surface area contributed by atoms with Gasteiger partial charge >= 0.3 is 6.18 Å². The highest BCUT2D eigenvalue weighted by atomic mass is 19.4. The third-order valence-corrected chi connectivity index (χ3v) is 5.25. The Balaban J connectivity index is 1.96. The number of fused-ring (bicyclic) bond motifs is 1. The van der Waals surface area contributed by atoms with Gasteiger partial charge in [-0.15, -0.1) is 0 Å². The Morgan fingerprint density at radius 1 is 1.21 bits per heavy atom. The van der Waals surface area contributed by atoms with Gasteiger partial charge in [0.15, 0.2) is 5.78 Å². The summed E-state index contributed by atoms with van der Waals surface area (Å²) in [6.07, 6.45) is -2.94. The molecular formula is C21H21F3N2O3. The number of amides is 1. The smallest absolute Gasteiger partial charge is 0.332 e. The summed E-state index contributed by atoms with van der Waals surface area (Å²) in [6, 6.07) is 5.39. The lowest BCUT2D eigenvalue weighted by atomic mass is 9.93. The number of Topliss-reactive ketones (excluding diaryl/α,β-unsaturated/α-hetero) is 1.